The Hall–Kier alpha value is -3.00. The summed E-state index contributed by atoms with van der Waals surface area (Å²) >= 11 is 0. The Labute approximate surface area is 179 Å². The first-order chi connectivity index (χ1) is 14.7. The minimum absolute atomic E-state index is 0.0325. The Morgan fingerprint density at radius 1 is 1.10 bits per heavy atom. The predicted octanol–water partition coefficient (Wildman–Crippen LogP) is 4.75. The normalized spacial score (nSPS) is 15.5. The highest BCUT2D eigenvalue weighted by atomic mass is 19.1. The van der Waals surface area contributed by atoms with Crippen molar-refractivity contribution in [2.75, 3.05) is 31.5 Å². The van der Waals surface area contributed by atoms with Crippen LogP contribution in [0.2, 0.25) is 0 Å². The van der Waals surface area contributed by atoms with Crippen molar-refractivity contribution in [1.82, 2.24) is 14.8 Å². The number of hydrogen-bond donors (Lipinski definition) is 1. The van der Waals surface area contributed by atoms with Gasteiger partial charge in [0.1, 0.15) is 17.2 Å². The van der Waals surface area contributed by atoms with Gasteiger partial charge in [-0.2, -0.15) is 0 Å². The lowest BCUT2D eigenvalue weighted by molar-refractivity contribution is 0.136. The number of urea groups is 1. The van der Waals surface area contributed by atoms with Gasteiger partial charge in [-0.15, -0.1) is 0 Å². The fraction of sp³-hybridized carbons (Fsp3) is 0.391. The van der Waals surface area contributed by atoms with Crippen molar-refractivity contribution in [2.45, 2.75) is 32.7 Å². The lowest BCUT2D eigenvalue weighted by Crippen LogP contribution is -2.49. The molecule has 1 aliphatic heterocycles. The molecule has 8 heteroatoms. The molecule has 0 saturated carbocycles. The second-order valence-electron chi connectivity index (χ2n) is 8.86. The standard InChI is InChI=1S/C23H26F2N4O2/c1-23(2,3)15-4-7-20-19(12-15)26-21(31-20)14-28-8-10-29(11-9-28)22(30)27-18-6-5-16(24)13-17(18)25/h4-7,12-13H,8-11,14H2,1-3H3,(H,27,30). The maximum absolute atomic E-state index is 13.8. The van der Waals surface area contributed by atoms with Gasteiger partial charge in [-0.05, 0) is 35.2 Å². The van der Waals surface area contributed by atoms with E-state index < -0.39 is 17.7 Å². The summed E-state index contributed by atoms with van der Waals surface area (Å²) in [6, 6.07) is 8.78. The number of amides is 2. The molecule has 2 aromatic carbocycles. The van der Waals surface area contributed by atoms with Crippen LogP contribution in [-0.2, 0) is 12.0 Å². The van der Waals surface area contributed by atoms with Gasteiger partial charge in [0.25, 0.3) is 0 Å². The molecule has 2 amide bonds. The van der Waals surface area contributed by atoms with Crippen LogP contribution in [0.5, 0.6) is 0 Å². The molecule has 0 atom stereocenters. The molecule has 1 N–H and O–H groups in total. The summed E-state index contributed by atoms with van der Waals surface area (Å²) in [5, 5.41) is 2.50. The number of rotatable bonds is 3. The van der Waals surface area contributed by atoms with Crippen molar-refractivity contribution in [3.8, 4) is 0 Å². The highest BCUT2D eigenvalue weighted by Gasteiger charge is 2.23. The van der Waals surface area contributed by atoms with Crippen LogP contribution in [0.1, 0.15) is 32.2 Å². The molecule has 1 saturated heterocycles. The van der Waals surface area contributed by atoms with Crippen LogP contribution in [0.3, 0.4) is 0 Å². The van der Waals surface area contributed by atoms with Gasteiger partial charge in [0.15, 0.2) is 5.58 Å². The van der Waals surface area contributed by atoms with Crippen molar-refractivity contribution in [3.63, 3.8) is 0 Å². The second-order valence-corrected chi connectivity index (χ2v) is 8.86. The van der Waals surface area contributed by atoms with Gasteiger partial charge in [0.2, 0.25) is 5.89 Å². The molecular weight excluding hydrogens is 402 g/mol. The summed E-state index contributed by atoms with van der Waals surface area (Å²) in [5.74, 6) is -0.831. The van der Waals surface area contributed by atoms with E-state index in [1.54, 1.807) is 4.90 Å². The highest BCUT2D eigenvalue weighted by molar-refractivity contribution is 5.89. The summed E-state index contributed by atoms with van der Waals surface area (Å²) < 4.78 is 32.7. The van der Waals surface area contributed by atoms with Gasteiger partial charge in [0.05, 0.1) is 12.2 Å². The van der Waals surface area contributed by atoms with E-state index in [2.05, 4.69) is 48.1 Å². The van der Waals surface area contributed by atoms with Gasteiger partial charge in [-0.3, -0.25) is 4.90 Å². The third-order valence-electron chi connectivity index (χ3n) is 5.49. The number of carbonyl (C=O) groups is 1. The molecule has 1 aliphatic rings. The Morgan fingerprint density at radius 3 is 2.52 bits per heavy atom. The van der Waals surface area contributed by atoms with Gasteiger partial charge in [0, 0.05) is 32.2 Å². The molecule has 2 heterocycles. The predicted molar refractivity (Wildman–Crippen MR) is 115 cm³/mol. The molecule has 1 fully saturated rings. The highest BCUT2D eigenvalue weighted by Crippen LogP contribution is 2.26. The van der Waals surface area contributed by atoms with E-state index in [0.717, 1.165) is 23.2 Å². The summed E-state index contributed by atoms with van der Waals surface area (Å²) in [5.41, 5.74) is 2.83. The van der Waals surface area contributed by atoms with Crippen LogP contribution < -0.4 is 5.32 Å². The molecule has 31 heavy (non-hydrogen) atoms. The molecule has 0 unspecified atom stereocenters. The van der Waals surface area contributed by atoms with E-state index in [1.807, 2.05) is 6.07 Å². The molecule has 0 radical (unpaired) electrons. The SMILES string of the molecule is CC(C)(C)c1ccc2oc(CN3CCN(C(=O)Nc4ccc(F)cc4F)CC3)nc2c1. The minimum Gasteiger partial charge on any atom is -0.439 e. The van der Waals surface area contributed by atoms with Gasteiger partial charge < -0.3 is 14.6 Å². The quantitative estimate of drug-likeness (QED) is 0.654. The Balaban J connectivity index is 1.34. The van der Waals surface area contributed by atoms with Crippen molar-refractivity contribution < 1.29 is 18.0 Å². The summed E-state index contributed by atoms with van der Waals surface area (Å²) in [4.78, 5) is 20.8. The summed E-state index contributed by atoms with van der Waals surface area (Å²) in [7, 11) is 0. The number of anilines is 1. The van der Waals surface area contributed by atoms with Crippen molar-refractivity contribution in [2.24, 2.45) is 0 Å². The maximum Gasteiger partial charge on any atom is 0.322 e. The monoisotopic (exact) mass is 428 g/mol. The van der Waals surface area contributed by atoms with Crippen LogP contribution in [0.4, 0.5) is 19.3 Å². The Bertz CT molecular complexity index is 1100. The number of carbonyl (C=O) groups excluding carboxylic acids is 1. The van der Waals surface area contributed by atoms with Crippen molar-refractivity contribution >= 4 is 22.8 Å². The first kappa shape index (κ1) is 21.2. The average Bonchev–Trinajstić information content (AvgIpc) is 3.11. The number of nitrogens with one attached hydrogen (secondary N) is 1. The fourth-order valence-electron chi connectivity index (χ4n) is 3.59. The number of benzene rings is 2. The van der Waals surface area contributed by atoms with Crippen LogP contribution in [0, 0.1) is 11.6 Å². The van der Waals surface area contributed by atoms with E-state index in [-0.39, 0.29) is 11.1 Å². The molecule has 3 aromatic rings. The second kappa shape index (κ2) is 8.26. The third kappa shape index (κ3) is 4.85. The van der Waals surface area contributed by atoms with E-state index in [4.69, 9.17) is 4.42 Å². The lowest BCUT2D eigenvalue weighted by Gasteiger charge is -2.34. The first-order valence-corrected chi connectivity index (χ1v) is 10.3. The zero-order valence-corrected chi connectivity index (χ0v) is 17.9. The van der Waals surface area contributed by atoms with E-state index >= 15 is 0 Å². The van der Waals surface area contributed by atoms with Gasteiger partial charge >= 0.3 is 6.03 Å². The number of fused-ring (bicyclic) bond motifs is 1. The number of halogens is 2. The Morgan fingerprint density at radius 2 is 1.84 bits per heavy atom. The van der Waals surface area contributed by atoms with E-state index in [1.165, 1.54) is 11.6 Å². The van der Waals surface area contributed by atoms with Crippen LogP contribution >= 0.6 is 0 Å². The molecule has 0 spiro atoms. The van der Waals surface area contributed by atoms with Crippen LogP contribution in [-0.4, -0.2) is 47.0 Å². The molecule has 1 aromatic heterocycles. The summed E-state index contributed by atoms with van der Waals surface area (Å²) in [6.45, 7) is 9.31. The average molecular weight is 428 g/mol. The molecule has 0 bridgehead atoms. The van der Waals surface area contributed by atoms with Crippen molar-refractivity contribution in [1.29, 1.82) is 0 Å². The number of nitrogens with zero attached hydrogens (tertiary/aromatic N) is 3. The molecule has 164 valence electrons. The van der Waals surface area contributed by atoms with Crippen LogP contribution in [0.25, 0.3) is 11.1 Å². The van der Waals surface area contributed by atoms with E-state index in [9.17, 15) is 13.6 Å². The molecule has 0 aliphatic carbocycles. The number of piperazine rings is 1. The zero-order chi connectivity index (χ0) is 22.2. The molecule has 6 nitrogen and oxygen atoms in total. The first-order valence-electron chi connectivity index (χ1n) is 10.3. The van der Waals surface area contributed by atoms with Gasteiger partial charge in [-0.1, -0.05) is 26.8 Å². The maximum atomic E-state index is 13.8. The topological polar surface area (TPSA) is 61.6 Å². The number of oxazole rings is 1. The summed E-state index contributed by atoms with van der Waals surface area (Å²) in [6.07, 6.45) is 0. The Kier molecular flexibility index (Phi) is 5.66. The molecular formula is C23H26F2N4O2. The van der Waals surface area contributed by atoms with Gasteiger partial charge in [-0.25, -0.2) is 18.6 Å². The van der Waals surface area contributed by atoms with E-state index in [0.29, 0.717) is 38.6 Å². The third-order valence-corrected chi connectivity index (χ3v) is 5.49. The largest absolute Gasteiger partial charge is 0.439 e. The van der Waals surface area contributed by atoms with Crippen molar-refractivity contribution in [3.05, 3.63) is 59.5 Å². The lowest BCUT2D eigenvalue weighted by atomic mass is 9.87. The number of aromatic nitrogens is 1. The smallest absolute Gasteiger partial charge is 0.322 e. The van der Waals surface area contributed by atoms with Crippen LogP contribution in [0.15, 0.2) is 40.8 Å². The zero-order valence-electron chi connectivity index (χ0n) is 17.9. The minimum atomic E-state index is -0.794. The number of hydrogen-bond acceptors (Lipinski definition) is 4. The fourth-order valence-corrected chi connectivity index (χ4v) is 3.59. The molecule has 4 rings (SSSR count).